The zero-order chi connectivity index (χ0) is 13.3. The van der Waals surface area contributed by atoms with Gasteiger partial charge in [-0.1, -0.05) is 11.6 Å². The number of aliphatic hydroxyl groups excluding tert-OH is 1. The summed E-state index contributed by atoms with van der Waals surface area (Å²) in [6.07, 6.45) is 11.1. The molecule has 0 amide bonds. The van der Waals surface area contributed by atoms with Gasteiger partial charge in [-0.25, -0.2) is 0 Å². The van der Waals surface area contributed by atoms with E-state index in [0.717, 1.165) is 38.7 Å². The second-order valence-electron chi connectivity index (χ2n) is 6.89. The van der Waals surface area contributed by atoms with E-state index in [1.165, 1.54) is 24.8 Å². The SMILES string of the molecule is CC1(OC2CCCCO2)C=C2CCCC(CO)(C2)C1. The van der Waals surface area contributed by atoms with Gasteiger partial charge < -0.3 is 14.6 Å². The maximum absolute atomic E-state index is 9.82. The summed E-state index contributed by atoms with van der Waals surface area (Å²) in [4.78, 5) is 0. The van der Waals surface area contributed by atoms with Gasteiger partial charge in [0.25, 0.3) is 0 Å². The van der Waals surface area contributed by atoms with Crippen molar-refractivity contribution in [3.63, 3.8) is 0 Å². The van der Waals surface area contributed by atoms with Gasteiger partial charge in [0, 0.05) is 18.6 Å². The van der Waals surface area contributed by atoms with E-state index in [9.17, 15) is 5.11 Å². The van der Waals surface area contributed by atoms with Crippen molar-refractivity contribution in [2.45, 2.75) is 70.2 Å². The Morgan fingerprint density at radius 1 is 1.42 bits per heavy atom. The minimum Gasteiger partial charge on any atom is -0.396 e. The van der Waals surface area contributed by atoms with Crippen molar-refractivity contribution >= 4 is 0 Å². The quantitative estimate of drug-likeness (QED) is 0.797. The van der Waals surface area contributed by atoms with E-state index < -0.39 is 0 Å². The lowest BCUT2D eigenvalue weighted by Crippen LogP contribution is -2.46. The lowest BCUT2D eigenvalue weighted by atomic mass is 9.63. The molecule has 3 aliphatic rings. The van der Waals surface area contributed by atoms with E-state index >= 15 is 0 Å². The van der Waals surface area contributed by atoms with E-state index in [1.807, 2.05) is 0 Å². The third-order valence-electron chi connectivity index (χ3n) is 4.92. The van der Waals surface area contributed by atoms with Crippen LogP contribution in [0.5, 0.6) is 0 Å². The van der Waals surface area contributed by atoms with Crippen molar-refractivity contribution in [2.24, 2.45) is 5.41 Å². The number of hydrogen-bond acceptors (Lipinski definition) is 3. The highest BCUT2D eigenvalue weighted by Crippen LogP contribution is 2.50. The van der Waals surface area contributed by atoms with Gasteiger partial charge in [0.1, 0.15) is 0 Å². The summed E-state index contributed by atoms with van der Waals surface area (Å²) in [7, 11) is 0. The van der Waals surface area contributed by atoms with Gasteiger partial charge in [0.2, 0.25) is 0 Å². The van der Waals surface area contributed by atoms with Crippen molar-refractivity contribution in [2.75, 3.05) is 13.2 Å². The summed E-state index contributed by atoms with van der Waals surface area (Å²) in [6.45, 7) is 3.27. The summed E-state index contributed by atoms with van der Waals surface area (Å²) < 4.78 is 12.0. The molecule has 108 valence electrons. The van der Waals surface area contributed by atoms with Crippen molar-refractivity contribution in [3.8, 4) is 0 Å². The van der Waals surface area contributed by atoms with Crippen LogP contribution in [0, 0.1) is 5.41 Å². The van der Waals surface area contributed by atoms with Crippen LogP contribution < -0.4 is 0 Å². The zero-order valence-corrected chi connectivity index (χ0v) is 12.0. The van der Waals surface area contributed by atoms with E-state index in [4.69, 9.17) is 9.47 Å². The third kappa shape index (κ3) is 2.88. The number of hydrogen-bond donors (Lipinski definition) is 1. The van der Waals surface area contributed by atoms with Crippen LogP contribution >= 0.6 is 0 Å². The van der Waals surface area contributed by atoms with Gasteiger partial charge in [-0.15, -0.1) is 0 Å². The molecule has 1 aliphatic heterocycles. The Bertz CT molecular complexity index is 359. The molecule has 1 saturated carbocycles. The molecule has 0 aromatic rings. The van der Waals surface area contributed by atoms with Crippen molar-refractivity contribution in [1.82, 2.24) is 0 Å². The van der Waals surface area contributed by atoms with E-state index in [2.05, 4.69) is 13.0 Å². The topological polar surface area (TPSA) is 38.7 Å². The standard InChI is InChI=1S/C16H26O3/c1-15(19-14-6-2-3-8-18-14)9-13-5-4-7-16(10-13,11-15)12-17/h9,14,17H,2-8,10-12H2,1H3. The molecular weight excluding hydrogens is 240 g/mol. The molecule has 3 nitrogen and oxygen atoms in total. The molecule has 2 fully saturated rings. The Labute approximate surface area is 116 Å². The van der Waals surface area contributed by atoms with Crippen LogP contribution in [0.3, 0.4) is 0 Å². The predicted octanol–water partition coefficient (Wildman–Crippen LogP) is 3.17. The second kappa shape index (κ2) is 5.19. The minimum absolute atomic E-state index is 0.0508. The number of allylic oxidation sites excluding steroid dienone is 1. The molecule has 0 aromatic carbocycles. The summed E-state index contributed by atoms with van der Waals surface area (Å²) in [5.41, 5.74) is 1.29. The Morgan fingerprint density at radius 3 is 3.05 bits per heavy atom. The molecule has 3 rings (SSSR count). The van der Waals surface area contributed by atoms with Crippen LogP contribution in [0.1, 0.15) is 58.3 Å². The lowest BCUT2D eigenvalue weighted by molar-refractivity contribution is -0.218. The van der Waals surface area contributed by atoms with Gasteiger partial charge in [0.15, 0.2) is 6.29 Å². The summed E-state index contributed by atoms with van der Waals surface area (Å²) >= 11 is 0. The molecule has 1 heterocycles. The highest BCUT2D eigenvalue weighted by molar-refractivity contribution is 5.21. The average Bonchev–Trinajstić information content (AvgIpc) is 2.38. The van der Waals surface area contributed by atoms with Crippen molar-refractivity contribution < 1.29 is 14.6 Å². The molecule has 2 bridgehead atoms. The van der Waals surface area contributed by atoms with E-state index in [0.29, 0.717) is 0 Å². The normalized spacial score (nSPS) is 42.8. The fourth-order valence-corrected chi connectivity index (χ4v) is 4.22. The smallest absolute Gasteiger partial charge is 0.158 e. The molecule has 0 radical (unpaired) electrons. The maximum Gasteiger partial charge on any atom is 0.158 e. The molecule has 3 atom stereocenters. The molecule has 1 saturated heterocycles. The first kappa shape index (κ1) is 13.6. The fourth-order valence-electron chi connectivity index (χ4n) is 4.22. The first-order valence-electron chi connectivity index (χ1n) is 7.74. The van der Waals surface area contributed by atoms with Gasteiger partial charge in [0.05, 0.1) is 5.60 Å². The molecule has 2 aliphatic carbocycles. The molecular formula is C16H26O3. The van der Waals surface area contributed by atoms with E-state index in [1.54, 1.807) is 0 Å². The maximum atomic E-state index is 9.82. The molecule has 19 heavy (non-hydrogen) atoms. The first-order valence-corrected chi connectivity index (χ1v) is 7.74. The number of fused-ring (bicyclic) bond motifs is 2. The highest BCUT2D eigenvalue weighted by Gasteiger charge is 2.45. The van der Waals surface area contributed by atoms with Crippen LogP contribution in [0.15, 0.2) is 11.6 Å². The van der Waals surface area contributed by atoms with Gasteiger partial charge in [-0.3, -0.25) is 0 Å². The monoisotopic (exact) mass is 266 g/mol. The van der Waals surface area contributed by atoms with Gasteiger partial charge in [-0.05, 0) is 58.3 Å². The Morgan fingerprint density at radius 2 is 2.32 bits per heavy atom. The largest absolute Gasteiger partial charge is 0.396 e. The molecule has 0 spiro atoms. The van der Waals surface area contributed by atoms with Crippen LogP contribution in [0.2, 0.25) is 0 Å². The highest BCUT2D eigenvalue weighted by atomic mass is 16.7. The van der Waals surface area contributed by atoms with E-state index in [-0.39, 0.29) is 23.9 Å². The number of rotatable bonds is 3. The number of aliphatic hydroxyl groups is 1. The summed E-state index contributed by atoms with van der Waals surface area (Å²) in [6, 6.07) is 0. The third-order valence-corrected chi connectivity index (χ3v) is 4.92. The van der Waals surface area contributed by atoms with Crippen molar-refractivity contribution in [3.05, 3.63) is 11.6 Å². The first-order chi connectivity index (χ1) is 9.13. The van der Waals surface area contributed by atoms with Crippen LogP contribution in [-0.4, -0.2) is 30.2 Å². The fraction of sp³-hybridized carbons (Fsp3) is 0.875. The molecule has 3 heteroatoms. The lowest BCUT2D eigenvalue weighted by Gasteiger charge is -2.48. The van der Waals surface area contributed by atoms with Gasteiger partial charge in [-0.2, -0.15) is 0 Å². The zero-order valence-electron chi connectivity index (χ0n) is 12.0. The van der Waals surface area contributed by atoms with Crippen LogP contribution in [-0.2, 0) is 9.47 Å². The molecule has 3 unspecified atom stereocenters. The van der Waals surface area contributed by atoms with Crippen LogP contribution in [0.4, 0.5) is 0 Å². The molecule has 1 N–H and O–H groups in total. The summed E-state index contributed by atoms with van der Waals surface area (Å²) in [5, 5.41) is 9.82. The summed E-state index contributed by atoms with van der Waals surface area (Å²) in [5.74, 6) is 0. The second-order valence-corrected chi connectivity index (χ2v) is 6.89. The Hall–Kier alpha value is -0.380. The molecule has 0 aromatic heterocycles. The Kier molecular flexibility index (Phi) is 3.71. The predicted molar refractivity (Wildman–Crippen MR) is 73.8 cm³/mol. The van der Waals surface area contributed by atoms with Gasteiger partial charge >= 0.3 is 0 Å². The van der Waals surface area contributed by atoms with Crippen LogP contribution in [0.25, 0.3) is 0 Å². The minimum atomic E-state index is -0.251. The Balaban J connectivity index is 1.75. The van der Waals surface area contributed by atoms with Crippen molar-refractivity contribution in [1.29, 1.82) is 0 Å². The number of ether oxygens (including phenoxy) is 2. The average molecular weight is 266 g/mol.